The van der Waals surface area contributed by atoms with Crippen molar-refractivity contribution in [2.75, 3.05) is 20.8 Å². The number of carbonyl (C=O) groups is 1. The third-order valence-corrected chi connectivity index (χ3v) is 2.06. The molecule has 0 unspecified atom stereocenters. The average Bonchev–Trinajstić information content (AvgIpc) is 2.37. The topological polar surface area (TPSA) is 64.8 Å². The lowest BCUT2D eigenvalue weighted by molar-refractivity contribution is -0.736. The van der Waals surface area contributed by atoms with Crippen LogP contribution in [0.3, 0.4) is 0 Å². The van der Waals surface area contributed by atoms with Crippen molar-refractivity contribution in [3.63, 3.8) is 0 Å². The standard InChI is InChI=1S/C11H14NO5/c1-4-17-10-6-8(7-13)5-9(11(10)15-2)12(14)16-3/h5-7H,4H2,1-3H3/q+1. The summed E-state index contributed by atoms with van der Waals surface area (Å²) in [6.45, 7) is 2.18. The van der Waals surface area contributed by atoms with Crippen LogP contribution >= 0.6 is 0 Å². The summed E-state index contributed by atoms with van der Waals surface area (Å²) >= 11 is 0. The molecule has 0 fully saturated rings. The van der Waals surface area contributed by atoms with Crippen molar-refractivity contribution in [2.45, 2.75) is 6.92 Å². The molecule has 0 spiro atoms. The third kappa shape index (κ3) is 2.72. The van der Waals surface area contributed by atoms with Gasteiger partial charge in [-0.15, -0.1) is 0 Å². The van der Waals surface area contributed by atoms with E-state index in [0.717, 1.165) is 0 Å². The minimum atomic E-state index is 0.0862. The molecule has 0 aromatic heterocycles. The zero-order chi connectivity index (χ0) is 12.8. The molecule has 0 N–H and O–H groups in total. The average molecular weight is 240 g/mol. The van der Waals surface area contributed by atoms with Crippen molar-refractivity contribution in [3.05, 3.63) is 22.6 Å². The van der Waals surface area contributed by atoms with Crippen LogP contribution in [0, 0.1) is 4.91 Å². The minimum Gasteiger partial charge on any atom is -0.490 e. The van der Waals surface area contributed by atoms with E-state index in [-0.39, 0.29) is 16.4 Å². The summed E-state index contributed by atoms with van der Waals surface area (Å²) in [7, 11) is 2.63. The van der Waals surface area contributed by atoms with Crippen molar-refractivity contribution in [1.82, 2.24) is 0 Å². The monoisotopic (exact) mass is 240 g/mol. The van der Waals surface area contributed by atoms with E-state index >= 15 is 0 Å². The third-order valence-electron chi connectivity index (χ3n) is 2.06. The fourth-order valence-corrected chi connectivity index (χ4v) is 1.38. The van der Waals surface area contributed by atoms with E-state index in [1.807, 2.05) is 0 Å². The molecule has 92 valence electrons. The Hall–Kier alpha value is -2.11. The van der Waals surface area contributed by atoms with Crippen molar-refractivity contribution in [3.8, 4) is 11.5 Å². The smallest absolute Gasteiger partial charge is 0.362 e. The van der Waals surface area contributed by atoms with Crippen LogP contribution in [0.4, 0.5) is 5.69 Å². The van der Waals surface area contributed by atoms with Gasteiger partial charge in [0, 0.05) is 11.6 Å². The Kier molecular flexibility index (Phi) is 4.45. The molecular formula is C11H14NO5+. The molecule has 1 rings (SSSR count). The van der Waals surface area contributed by atoms with Crippen molar-refractivity contribution >= 4 is 12.0 Å². The Balaban J connectivity index is 3.38. The molecule has 0 aliphatic heterocycles. The number of aldehydes is 1. The molecule has 0 aliphatic carbocycles. The number of hydrogen-bond acceptors (Lipinski definition) is 5. The number of rotatable bonds is 6. The highest BCUT2D eigenvalue weighted by molar-refractivity contribution is 5.79. The van der Waals surface area contributed by atoms with Gasteiger partial charge in [-0.1, -0.05) is 0 Å². The van der Waals surface area contributed by atoms with Gasteiger partial charge in [0.1, 0.15) is 6.29 Å². The summed E-state index contributed by atoms with van der Waals surface area (Å²) in [6, 6.07) is 2.87. The molecule has 0 bridgehead atoms. The summed E-state index contributed by atoms with van der Waals surface area (Å²) in [5.41, 5.74) is 0.394. The van der Waals surface area contributed by atoms with Gasteiger partial charge in [0.2, 0.25) is 5.75 Å². The second-order valence-electron chi connectivity index (χ2n) is 3.06. The zero-order valence-corrected chi connectivity index (χ0v) is 9.93. The molecule has 6 heteroatoms. The molecule has 17 heavy (non-hydrogen) atoms. The highest BCUT2D eigenvalue weighted by atomic mass is 16.8. The van der Waals surface area contributed by atoms with Gasteiger partial charge in [0.05, 0.1) is 18.6 Å². The SMILES string of the molecule is CCOc1cc(C=O)cc([N+](=O)OC)c1OC. The van der Waals surface area contributed by atoms with Gasteiger partial charge < -0.3 is 9.47 Å². The van der Waals surface area contributed by atoms with Crippen LogP contribution in [-0.2, 0) is 4.84 Å². The maximum absolute atomic E-state index is 11.5. The van der Waals surface area contributed by atoms with E-state index in [1.165, 1.54) is 26.4 Å². The van der Waals surface area contributed by atoms with Crippen LogP contribution < -0.4 is 9.47 Å². The van der Waals surface area contributed by atoms with Crippen molar-refractivity contribution in [2.24, 2.45) is 0 Å². The molecule has 0 radical (unpaired) electrons. The van der Waals surface area contributed by atoms with Gasteiger partial charge >= 0.3 is 5.69 Å². The number of benzene rings is 1. The lowest BCUT2D eigenvalue weighted by Gasteiger charge is -2.08. The van der Waals surface area contributed by atoms with Gasteiger partial charge in [-0.05, 0) is 13.0 Å². The van der Waals surface area contributed by atoms with E-state index < -0.39 is 0 Å². The summed E-state index contributed by atoms with van der Waals surface area (Å²) in [6.07, 6.45) is 0.620. The molecule has 0 heterocycles. The second-order valence-corrected chi connectivity index (χ2v) is 3.06. The predicted molar refractivity (Wildman–Crippen MR) is 59.8 cm³/mol. The van der Waals surface area contributed by atoms with E-state index in [9.17, 15) is 9.70 Å². The van der Waals surface area contributed by atoms with Gasteiger partial charge in [0.15, 0.2) is 12.9 Å². The van der Waals surface area contributed by atoms with E-state index in [1.54, 1.807) is 6.92 Å². The van der Waals surface area contributed by atoms with E-state index in [2.05, 4.69) is 4.84 Å². The number of ether oxygens (including phenoxy) is 2. The first-order chi connectivity index (χ1) is 8.17. The summed E-state index contributed by atoms with van der Waals surface area (Å²) in [4.78, 5) is 27.0. The Labute approximate surface area is 98.6 Å². The van der Waals surface area contributed by atoms with E-state index in [4.69, 9.17) is 9.47 Å². The largest absolute Gasteiger partial charge is 0.490 e. The van der Waals surface area contributed by atoms with Crippen LogP contribution in [0.1, 0.15) is 17.3 Å². The van der Waals surface area contributed by atoms with Gasteiger partial charge in [-0.25, -0.2) is 4.84 Å². The normalized spacial score (nSPS) is 9.59. The van der Waals surface area contributed by atoms with E-state index in [0.29, 0.717) is 24.2 Å². The van der Waals surface area contributed by atoms with Gasteiger partial charge in [0.25, 0.3) is 4.92 Å². The predicted octanol–water partition coefficient (Wildman–Crippen LogP) is 1.88. The molecule has 1 aromatic carbocycles. The summed E-state index contributed by atoms with van der Waals surface area (Å²) in [5, 5.41) is 0. The Morgan fingerprint density at radius 2 is 2.06 bits per heavy atom. The summed E-state index contributed by atoms with van der Waals surface area (Å²) in [5.74, 6) is 0.557. The lowest BCUT2D eigenvalue weighted by Crippen LogP contribution is -2.04. The molecule has 0 amide bonds. The maximum atomic E-state index is 11.5. The minimum absolute atomic E-state index is 0.0862. The molecule has 0 saturated carbocycles. The highest BCUT2D eigenvalue weighted by Gasteiger charge is 2.27. The second kappa shape index (κ2) is 5.83. The maximum Gasteiger partial charge on any atom is 0.362 e. The van der Waals surface area contributed by atoms with Gasteiger partial charge in [-0.2, -0.15) is 0 Å². The zero-order valence-electron chi connectivity index (χ0n) is 9.93. The fraction of sp³-hybridized carbons (Fsp3) is 0.364. The number of nitrogens with zero attached hydrogens (tertiary/aromatic N) is 1. The summed E-state index contributed by atoms with van der Waals surface area (Å²) < 4.78 is 10.4. The van der Waals surface area contributed by atoms with Crippen LogP contribution in [0.5, 0.6) is 11.5 Å². The number of carbonyl (C=O) groups excluding carboxylic acids is 1. The van der Waals surface area contributed by atoms with Crippen molar-refractivity contribution < 1.29 is 24.0 Å². The lowest BCUT2D eigenvalue weighted by atomic mass is 10.2. The Morgan fingerprint density at radius 3 is 2.53 bits per heavy atom. The first-order valence-electron chi connectivity index (χ1n) is 4.99. The van der Waals surface area contributed by atoms with Crippen LogP contribution in [0.15, 0.2) is 12.1 Å². The Morgan fingerprint density at radius 1 is 1.35 bits per heavy atom. The first kappa shape index (κ1) is 13.0. The molecule has 6 nitrogen and oxygen atoms in total. The highest BCUT2D eigenvalue weighted by Crippen LogP contribution is 2.38. The van der Waals surface area contributed by atoms with Crippen LogP contribution in [0.25, 0.3) is 0 Å². The molecular weight excluding hydrogens is 226 g/mol. The van der Waals surface area contributed by atoms with Crippen molar-refractivity contribution in [1.29, 1.82) is 0 Å². The molecule has 0 aliphatic rings. The molecule has 0 atom stereocenters. The van der Waals surface area contributed by atoms with Crippen LogP contribution in [0.2, 0.25) is 0 Å². The molecule has 1 aromatic rings. The number of methoxy groups -OCH3 is 1. The number of hydrogen-bond donors (Lipinski definition) is 0. The van der Waals surface area contributed by atoms with Crippen LogP contribution in [-0.4, -0.2) is 32.0 Å². The first-order valence-corrected chi connectivity index (χ1v) is 4.99. The van der Waals surface area contributed by atoms with Gasteiger partial charge in [-0.3, -0.25) is 4.79 Å². The quantitative estimate of drug-likeness (QED) is 0.561. The molecule has 0 saturated heterocycles. The fourth-order valence-electron chi connectivity index (χ4n) is 1.38. The Bertz CT molecular complexity index is 430.